The molecule has 144 valence electrons. The molecule has 1 aliphatic heterocycles. The van der Waals surface area contributed by atoms with Crippen LogP contribution < -0.4 is 5.73 Å². The average molecular weight is 364 g/mol. The van der Waals surface area contributed by atoms with Gasteiger partial charge in [0, 0.05) is 32.4 Å². The van der Waals surface area contributed by atoms with Crippen LogP contribution in [0.5, 0.6) is 0 Å². The summed E-state index contributed by atoms with van der Waals surface area (Å²) in [5, 5.41) is 6.89. The zero-order valence-corrected chi connectivity index (χ0v) is 15.5. The summed E-state index contributed by atoms with van der Waals surface area (Å²) in [7, 11) is 6.00. The van der Waals surface area contributed by atoms with Crippen molar-refractivity contribution in [2.24, 2.45) is 11.8 Å². The van der Waals surface area contributed by atoms with Crippen molar-refractivity contribution in [1.82, 2.24) is 14.8 Å². The number of carbonyl (C=O) groups excluding carboxylic acids is 1. The Balaban J connectivity index is 0.000000758. The van der Waals surface area contributed by atoms with Gasteiger partial charge in [-0.05, 0) is 50.9 Å². The first kappa shape index (κ1) is 20.1. The normalized spacial score (nSPS) is 27.5. The van der Waals surface area contributed by atoms with E-state index < -0.39 is 0 Å². The zero-order valence-electron chi connectivity index (χ0n) is 15.5. The maximum absolute atomic E-state index is 12.7. The molecule has 2 aliphatic rings. The molecule has 0 bridgehead atoms. The number of ether oxygens (including phenoxy) is 1. The van der Waals surface area contributed by atoms with Gasteiger partial charge < -0.3 is 25.4 Å². The number of rotatable bonds is 3. The Hall–Kier alpha value is -2.19. The van der Waals surface area contributed by atoms with Crippen molar-refractivity contribution in [3.63, 3.8) is 0 Å². The number of pyridine rings is 1. The number of anilines is 1. The number of methoxy groups -OCH3 is 1. The maximum atomic E-state index is 12.7. The summed E-state index contributed by atoms with van der Waals surface area (Å²) in [6.07, 6.45) is 3.92. The number of hydrogen-bond donors (Lipinski definition) is 2. The van der Waals surface area contributed by atoms with Gasteiger partial charge in [-0.15, -0.1) is 0 Å². The molecule has 3 rings (SSSR count). The molecule has 1 amide bonds. The predicted octanol–water partition coefficient (Wildman–Crippen LogP) is 0.792. The van der Waals surface area contributed by atoms with Gasteiger partial charge in [0.25, 0.3) is 12.4 Å². The lowest BCUT2D eigenvalue weighted by Crippen LogP contribution is -2.47. The van der Waals surface area contributed by atoms with E-state index in [9.17, 15) is 4.79 Å². The molecule has 0 spiro atoms. The number of amides is 1. The highest BCUT2D eigenvalue weighted by atomic mass is 16.5. The zero-order chi connectivity index (χ0) is 19.3. The Labute approximate surface area is 153 Å². The van der Waals surface area contributed by atoms with Crippen LogP contribution in [0.25, 0.3) is 0 Å². The Morgan fingerprint density at radius 3 is 2.46 bits per heavy atom. The van der Waals surface area contributed by atoms with E-state index in [1.165, 1.54) is 0 Å². The molecular weight excluding hydrogens is 336 g/mol. The minimum absolute atomic E-state index is 0.0577. The topological polar surface area (TPSA) is 109 Å². The molecule has 2 fully saturated rings. The molecule has 0 unspecified atom stereocenters. The van der Waals surface area contributed by atoms with Crippen LogP contribution >= 0.6 is 0 Å². The molecule has 0 aromatic carbocycles. The summed E-state index contributed by atoms with van der Waals surface area (Å²) in [5.74, 6) is 1.58. The van der Waals surface area contributed by atoms with Crippen LogP contribution in [0, 0.1) is 11.8 Å². The van der Waals surface area contributed by atoms with Gasteiger partial charge in [0.05, 0.1) is 11.7 Å². The fraction of sp³-hybridized carbons (Fsp3) is 0.611. The largest absolute Gasteiger partial charge is 0.483 e. The van der Waals surface area contributed by atoms with Crippen molar-refractivity contribution < 1.29 is 19.4 Å². The van der Waals surface area contributed by atoms with E-state index in [0.717, 1.165) is 25.9 Å². The Morgan fingerprint density at radius 2 is 1.96 bits per heavy atom. The van der Waals surface area contributed by atoms with Crippen LogP contribution in [0.4, 0.5) is 5.82 Å². The van der Waals surface area contributed by atoms with Gasteiger partial charge in [-0.2, -0.15) is 0 Å². The summed E-state index contributed by atoms with van der Waals surface area (Å²) in [4.78, 5) is 29.3. The smallest absolute Gasteiger partial charge is 0.290 e. The van der Waals surface area contributed by atoms with Crippen molar-refractivity contribution in [2.75, 3.05) is 40.0 Å². The molecule has 8 nitrogen and oxygen atoms in total. The lowest BCUT2D eigenvalue weighted by Gasteiger charge is -2.40. The summed E-state index contributed by atoms with van der Waals surface area (Å²) >= 11 is 0. The minimum atomic E-state index is -0.250. The van der Waals surface area contributed by atoms with Crippen LogP contribution in [-0.2, 0) is 9.53 Å². The summed E-state index contributed by atoms with van der Waals surface area (Å²) < 4.78 is 5.70. The van der Waals surface area contributed by atoms with E-state index in [4.69, 9.17) is 20.4 Å². The van der Waals surface area contributed by atoms with Gasteiger partial charge in [-0.1, -0.05) is 0 Å². The highest BCUT2D eigenvalue weighted by Gasteiger charge is 2.44. The van der Waals surface area contributed by atoms with Crippen molar-refractivity contribution in [1.29, 1.82) is 0 Å². The van der Waals surface area contributed by atoms with Gasteiger partial charge >= 0.3 is 0 Å². The second-order valence-corrected chi connectivity index (χ2v) is 7.08. The van der Waals surface area contributed by atoms with E-state index in [-0.39, 0.29) is 18.5 Å². The van der Waals surface area contributed by atoms with Gasteiger partial charge in [-0.25, -0.2) is 4.98 Å². The number of carboxylic acid groups (broad SMARTS) is 1. The molecule has 0 radical (unpaired) electrons. The third-order valence-corrected chi connectivity index (χ3v) is 5.37. The van der Waals surface area contributed by atoms with Gasteiger partial charge in [0.1, 0.15) is 5.82 Å². The number of likely N-dealkylation sites (N-methyl/N-ethyl adjacent to an activating group) is 1. The van der Waals surface area contributed by atoms with Gasteiger partial charge in [-0.3, -0.25) is 9.59 Å². The molecule has 4 atom stereocenters. The molecule has 26 heavy (non-hydrogen) atoms. The number of nitrogen functional groups attached to an aromatic ring is 1. The van der Waals surface area contributed by atoms with Crippen molar-refractivity contribution in [3.8, 4) is 0 Å². The summed E-state index contributed by atoms with van der Waals surface area (Å²) in [6, 6.07) is 3.86. The van der Waals surface area contributed by atoms with Crippen LogP contribution in [0.3, 0.4) is 0 Å². The number of fused-ring (bicyclic) bond motifs is 1. The number of likely N-dealkylation sites (tertiary alicyclic amines) is 1. The monoisotopic (exact) mass is 364 g/mol. The van der Waals surface area contributed by atoms with Crippen LogP contribution in [0.15, 0.2) is 18.3 Å². The maximum Gasteiger partial charge on any atom is 0.290 e. The molecule has 1 saturated heterocycles. The number of hydrogen-bond acceptors (Lipinski definition) is 6. The second-order valence-electron chi connectivity index (χ2n) is 7.08. The molecule has 1 saturated carbocycles. The lowest BCUT2D eigenvalue weighted by molar-refractivity contribution is -0.122. The lowest BCUT2D eigenvalue weighted by atomic mass is 9.77. The average Bonchev–Trinajstić information content (AvgIpc) is 3.04. The third-order valence-electron chi connectivity index (χ3n) is 5.37. The minimum Gasteiger partial charge on any atom is -0.483 e. The quantitative estimate of drug-likeness (QED) is 0.763. The van der Waals surface area contributed by atoms with Crippen molar-refractivity contribution in [2.45, 2.75) is 25.0 Å². The number of nitrogens with two attached hydrogens (primary N) is 1. The van der Waals surface area contributed by atoms with Crippen LogP contribution in [-0.4, -0.2) is 78.7 Å². The first-order valence-corrected chi connectivity index (χ1v) is 8.69. The molecule has 1 aliphatic carbocycles. The van der Waals surface area contributed by atoms with Gasteiger partial charge in [0.2, 0.25) is 0 Å². The SMILES string of the molecule is CO[C@@H]1C[C@H]2CN(C(=O)c3ccc(N)nc3)C[C@H]2C[C@H]1N(C)C.O=CO. The highest BCUT2D eigenvalue weighted by Crippen LogP contribution is 2.39. The molecular formula is C18H28N4O4. The number of carbonyl (C=O) groups is 2. The van der Waals surface area contributed by atoms with Crippen LogP contribution in [0.1, 0.15) is 23.2 Å². The van der Waals surface area contributed by atoms with Gasteiger partial charge in [0.15, 0.2) is 0 Å². The molecule has 1 aromatic rings. The van der Waals surface area contributed by atoms with E-state index >= 15 is 0 Å². The van der Waals surface area contributed by atoms with E-state index in [1.807, 2.05) is 4.90 Å². The molecule has 2 heterocycles. The summed E-state index contributed by atoms with van der Waals surface area (Å²) in [6.45, 7) is 1.39. The van der Waals surface area contributed by atoms with Crippen molar-refractivity contribution >= 4 is 18.2 Å². The Morgan fingerprint density at radius 1 is 1.35 bits per heavy atom. The van der Waals surface area contributed by atoms with Crippen molar-refractivity contribution in [3.05, 3.63) is 23.9 Å². The molecule has 1 aromatic heterocycles. The standard InChI is InChI=1S/C17H26N4O2.CH2O2/c1-20(2)14-6-12-9-21(10-13(12)7-15(14)23-3)17(22)11-4-5-16(18)19-8-11;2-1-3/h4-5,8,12-15H,6-7,9-10H2,1-3H3,(H2,18,19);1H,(H,2,3)/t12-,13+,14-,15-;/m1./s1. The van der Waals surface area contributed by atoms with E-state index in [2.05, 4.69) is 24.0 Å². The number of aromatic nitrogens is 1. The Kier molecular flexibility index (Phi) is 6.93. The highest BCUT2D eigenvalue weighted by molar-refractivity contribution is 5.94. The number of nitrogens with zero attached hydrogens (tertiary/aromatic N) is 3. The molecule has 3 N–H and O–H groups in total. The third kappa shape index (κ3) is 4.50. The Bertz CT molecular complexity index is 608. The summed E-state index contributed by atoms with van der Waals surface area (Å²) in [5.41, 5.74) is 6.21. The predicted molar refractivity (Wildman–Crippen MR) is 97.7 cm³/mol. The van der Waals surface area contributed by atoms with E-state index in [1.54, 1.807) is 25.4 Å². The second kappa shape index (κ2) is 8.95. The first-order chi connectivity index (χ1) is 12.4. The van der Waals surface area contributed by atoms with Crippen LogP contribution in [0.2, 0.25) is 0 Å². The fourth-order valence-corrected chi connectivity index (χ4v) is 4.07. The fourth-order valence-electron chi connectivity index (χ4n) is 4.07. The van der Waals surface area contributed by atoms with E-state index in [0.29, 0.717) is 29.3 Å². The first-order valence-electron chi connectivity index (χ1n) is 8.69. The molecule has 8 heteroatoms.